The molecule has 0 aliphatic carbocycles. The van der Waals surface area contributed by atoms with Gasteiger partial charge in [0.25, 0.3) is 0 Å². The molecule has 1 N–H and O–H groups in total. The zero-order valence-electron chi connectivity index (χ0n) is 6.84. The molecule has 0 atom stereocenters. The topological polar surface area (TPSA) is 61.6 Å². The van der Waals surface area contributed by atoms with Gasteiger partial charge < -0.3 is 5.32 Å². The molecule has 0 unspecified atom stereocenters. The third kappa shape index (κ3) is 3.26. The van der Waals surface area contributed by atoms with Crippen molar-refractivity contribution in [2.45, 2.75) is 6.18 Å². The molecule has 1 heterocycles. The average Bonchev–Trinajstić information content (AvgIpc) is 2.14. The van der Waals surface area contributed by atoms with Crippen LogP contribution in [-0.2, 0) is 0 Å². The van der Waals surface area contributed by atoms with E-state index >= 15 is 0 Å². The number of halogens is 3. The zero-order valence-corrected chi connectivity index (χ0v) is 6.84. The molecule has 1 rings (SSSR count). The van der Waals surface area contributed by atoms with Gasteiger partial charge in [0.15, 0.2) is 0 Å². The van der Waals surface area contributed by atoms with Gasteiger partial charge in [-0.15, -0.1) is 0 Å². The molecule has 14 heavy (non-hydrogen) atoms. The Balaban J connectivity index is 2.65. The van der Waals surface area contributed by atoms with E-state index < -0.39 is 12.7 Å². The molecule has 4 nitrogen and oxygen atoms in total. The second-order valence-electron chi connectivity index (χ2n) is 2.35. The van der Waals surface area contributed by atoms with Gasteiger partial charge in [-0.2, -0.15) is 18.4 Å². The first-order valence-corrected chi connectivity index (χ1v) is 3.55. The number of hydrogen-bond donors (Lipinski definition) is 1. The Labute approximate surface area is 77.4 Å². The largest absolute Gasteiger partial charge is 0.405 e. The Kier molecular flexibility index (Phi) is 2.86. The maximum atomic E-state index is 11.7. The van der Waals surface area contributed by atoms with Crippen LogP contribution in [0.5, 0.6) is 0 Å². The van der Waals surface area contributed by atoms with E-state index in [1.165, 1.54) is 12.3 Å². The zero-order chi connectivity index (χ0) is 10.6. The van der Waals surface area contributed by atoms with Crippen molar-refractivity contribution in [1.82, 2.24) is 9.97 Å². The molecule has 0 aliphatic heterocycles. The molecule has 74 valence electrons. The highest BCUT2D eigenvalue weighted by Crippen LogP contribution is 2.14. The van der Waals surface area contributed by atoms with Gasteiger partial charge in [0.1, 0.15) is 18.3 Å². The quantitative estimate of drug-likeness (QED) is 0.785. The summed E-state index contributed by atoms with van der Waals surface area (Å²) in [7, 11) is 0. The summed E-state index contributed by atoms with van der Waals surface area (Å²) in [5.74, 6) is -0.207. The lowest BCUT2D eigenvalue weighted by molar-refractivity contribution is -0.115. The molecule has 0 spiro atoms. The fraction of sp³-hybridized carbons (Fsp3) is 0.286. The summed E-state index contributed by atoms with van der Waals surface area (Å²) in [4.78, 5) is 7.03. The Hall–Kier alpha value is -1.84. The Morgan fingerprint density at radius 1 is 1.50 bits per heavy atom. The number of aromatic nitrogens is 2. The molecule has 7 heteroatoms. The van der Waals surface area contributed by atoms with E-state index in [4.69, 9.17) is 5.26 Å². The molecule has 1 aromatic rings. The number of nitrogens with zero attached hydrogens (tertiary/aromatic N) is 3. The predicted octanol–water partition coefficient (Wildman–Crippen LogP) is 1.32. The lowest BCUT2D eigenvalue weighted by atomic mass is 10.4. The second kappa shape index (κ2) is 3.91. The van der Waals surface area contributed by atoms with Crippen LogP contribution in [0.4, 0.5) is 19.1 Å². The summed E-state index contributed by atoms with van der Waals surface area (Å²) in [6, 6.07) is 3.00. The maximum Gasteiger partial charge on any atom is 0.405 e. The maximum absolute atomic E-state index is 11.7. The normalized spacial score (nSPS) is 10.7. The van der Waals surface area contributed by atoms with E-state index in [9.17, 15) is 13.2 Å². The van der Waals surface area contributed by atoms with Crippen LogP contribution in [0.2, 0.25) is 0 Å². The smallest absolute Gasteiger partial charge is 0.345 e. The minimum Gasteiger partial charge on any atom is -0.345 e. The average molecular weight is 202 g/mol. The highest BCUT2D eigenvalue weighted by Gasteiger charge is 2.26. The van der Waals surface area contributed by atoms with Crippen LogP contribution in [0, 0.1) is 11.3 Å². The molecule has 0 radical (unpaired) electrons. The van der Waals surface area contributed by atoms with Gasteiger partial charge in [0, 0.05) is 6.20 Å². The van der Waals surface area contributed by atoms with E-state index in [-0.39, 0.29) is 11.6 Å². The van der Waals surface area contributed by atoms with Gasteiger partial charge in [-0.3, -0.25) is 0 Å². The van der Waals surface area contributed by atoms with Crippen molar-refractivity contribution in [2.75, 3.05) is 11.9 Å². The summed E-state index contributed by atoms with van der Waals surface area (Å²) in [5, 5.41) is 10.4. The third-order valence-electron chi connectivity index (χ3n) is 1.22. The number of alkyl halides is 3. The highest BCUT2D eigenvalue weighted by molar-refractivity contribution is 5.29. The summed E-state index contributed by atoms with van der Waals surface area (Å²) in [6.45, 7) is -1.22. The summed E-state index contributed by atoms with van der Waals surface area (Å²) < 4.78 is 35.2. The van der Waals surface area contributed by atoms with E-state index in [1.807, 2.05) is 5.32 Å². The van der Waals surface area contributed by atoms with Crippen molar-refractivity contribution in [1.29, 1.82) is 5.26 Å². The molecule has 0 saturated carbocycles. The highest BCUT2D eigenvalue weighted by atomic mass is 19.4. The monoisotopic (exact) mass is 202 g/mol. The van der Waals surface area contributed by atoms with Crippen molar-refractivity contribution in [3.05, 3.63) is 18.0 Å². The van der Waals surface area contributed by atoms with Crippen LogP contribution in [0.25, 0.3) is 0 Å². The van der Waals surface area contributed by atoms with E-state index in [1.54, 1.807) is 6.07 Å². The standard InChI is InChI=1S/C7H5F3N4/c8-7(9,10)4-13-6-12-2-1-5(3-11)14-6/h1-2H,4H2,(H,12,13,14). The minimum atomic E-state index is -4.33. The minimum absolute atomic E-state index is 0.0182. The summed E-state index contributed by atoms with van der Waals surface area (Å²) in [5.41, 5.74) is 0.0182. The Bertz CT molecular complexity index is 355. The van der Waals surface area contributed by atoms with Crippen molar-refractivity contribution in [3.63, 3.8) is 0 Å². The van der Waals surface area contributed by atoms with E-state index in [2.05, 4.69) is 9.97 Å². The predicted molar refractivity (Wildman–Crippen MR) is 41.3 cm³/mol. The van der Waals surface area contributed by atoms with Crippen LogP contribution in [0.15, 0.2) is 12.3 Å². The number of nitriles is 1. The second-order valence-corrected chi connectivity index (χ2v) is 2.35. The summed E-state index contributed by atoms with van der Waals surface area (Å²) >= 11 is 0. The fourth-order valence-electron chi connectivity index (χ4n) is 0.685. The molecular formula is C7H5F3N4. The van der Waals surface area contributed by atoms with Gasteiger partial charge >= 0.3 is 6.18 Å². The van der Waals surface area contributed by atoms with Crippen molar-refractivity contribution >= 4 is 5.95 Å². The molecule has 0 aromatic carbocycles. The van der Waals surface area contributed by atoms with Crippen LogP contribution in [0.3, 0.4) is 0 Å². The lowest BCUT2D eigenvalue weighted by Crippen LogP contribution is -2.22. The van der Waals surface area contributed by atoms with Crippen LogP contribution in [-0.4, -0.2) is 22.7 Å². The van der Waals surface area contributed by atoms with E-state index in [0.717, 1.165) is 0 Å². The Morgan fingerprint density at radius 3 is 2.79 bits per heavy atom. The van der Waals surface area contributed by atoms with Crippen molar-refractivity contribution < 1.29 is 13.2 Å². The van der Waals surface area contributed by atoms with E-state index in [0.29, 0.717) is 0 Å². The van der Waals surface area contributed by atoms with Gasteiger partial charge in [0.2, 0.25) is 5.95 Å². The molecule has 0 bridgehead atoms. The lowest BCUT2D eigenvalue weighted by Gasteiger charge is -2.07. The molecule has 0 amide bonds. The first kappa shape index (κ1) is 10.2. The Morgan fingerprint density at radius 2 is 2.21 bits per heavy atom. The van der Waals surface area contributed by atoms with Crippen LogP contribution < -0.4 is 5.32 Å². The SMILES string of the molecule is N#Cc1ccnc(NCC(F)(F)F)n1. The number of nitrogens with one attached hydrogen (secondary N) is 1. The summed E-state index contributed by atoms with van der Waals surface area (Å²) in [6.07, 6.45) is -3.11. The molecule has 0 aliphatic rings. The molecule has 0 saturated heterocycles. The van der Waals surface area contributed by atoms with Crippen molar-refractivity contribution in [2.24, 2.45) is 0 Å². The molecule has 1 aromatic heterocycles. The van der Waals surface area contributed by atoms with Gasteiger partial charge in [-0.25, -0.2) is 9.97 Å². The van der Waals surface area contributed by atoms with Crippen LogP contribution >= 0.6 is 0 Å². The fourth-order valence-corrected chi connectivity index (χ4v) is 0.685. The third-order valence-corrected chi connectivity index (χ3v) is 1.22. The van der Waals surface area contributed by atoms with Gasteiger partial charge in [-0.05, 0) is 6.07 Å². The van der Waals surface area contributed by atoms with Gasteiger partial charge in [-0.1, -0.05) is 0 Å². The first-order valence-electron chi connectivity index (χ1n) is 3.55. The first-order chi connectivity index (χ1) is 6.51. The molecular weight excluding hydrogens is 197 g/mol. The molecule has 0 fully saturated rings. The van der Waals surface area contributed by atoms with Gasteiger partial charge in [0.05, 0.1) is 0 Å². The number of anilines is 1. The van der Waals surface area contributed by atoms with Crippen molar-refractivity contribution in [3.8, 4) is 6.07 Å². The number of hydrogen-bond acceptors (Lipinski definition) is 4. The number of rotatable bonds is 2. The van der Waals surface area contributed by atoms with Crippen LogP contribution in [0.1, 0.15) is 5.69 Å².